The summed E-state index contributed by atoms with van der Waals surface area (Å²) < 4.78 is 80.1. The van der Waals surface area contributed by atoms with Crippen LogP contribution in [0.1, 0.15) is 46.8 Å². The molecule has 214 valence electrons. The standard InChI is InChI=1S/C18H16F6N4O3.C4H6O4/c19-10-6-12(21)11(20)4-8(10)3-9(25)5-14(29)27-1-2-28-13(7-27)15(16(30)31)26-17(28)18(22,23)24;5-3(6)1-2-4(7)8/h4,6,9H,1-3,5,7,25H2,(H,30,31);1-2H2,(H,5,6)(H,7,8)/t9-;/m1./s1. The number of benzene rings is 1. The third kappa shape index (κ3) is 8.42. The molecule has 17 heteroatoms. The zero-order chi connectivity index (χ0) is 29.7. The number of imidazole rings is 1. The number of carbonyl (C=O) groups excluding carboxylic acids is 1. The molecule has 0 spiro atoms. The Morgan fingerprint density at radius 2 is 1.51 bits per heavy atom. The van der Waals surface area contributed by atoms with Crippen molar-refractivity contribution >= 4 is 23.8 Å². The van der Waals surface area contributed by atoms with Gasteiger partial charge in [-0.15, -0.1) is 0 Å². The molecule has 0 radical (unpaired) electrons. The molecule has 0 fully saturated rings. The number of nitrogens with two attached hydrogens (primary N) is 1. The first kappa shape index (κ1) is 31.1. The molecule has 1 amide bonds. The van der Waals surface area contributed by atoms with E-state index in [0.717, 1.165) is 4.90 Å². The summed E-state index contributed by atoms with van der Waals surface area (Å²) in [4.78, 5) is 47.4. The Hall–Kier alpha value is -4.15. The summed E-state index contributed by atoms with van der Waals surface area (Å²) in [6.45, 7) is -0.921. The Morgan fingerprint density at radius 3 is 2.03 bits per heavy atom. The first-order chi connectivity index (χ1) is 18.0. The fraction of sp³-hybridized carbons (Fsp3) is 0.409. The van der Waals surface area contributed by atoms with Crippen molar-refractivity contribution in [1.82, 2.24) is 14.5 Å². The second-order valence-electron chi connectivity index (χ2n) is 8.31. The molecule has 1 atom stereocenters. The lowest BCUT2D eigenvalue weighted by atomic mass is 10.0. The molecule has 39 heavy (non-hydrogen) atoms. The van der Waals surface area contributed by atoms with Gasteiger partial charge in [0.15, 0.2) is 17.3 Å². The Kier molecular flexibility index (Phi) is 10.0. The van der Waals surface area contributed by atoms with E-state index in [1.165, 1.54) is 0 Å². The van der Waals surface area contributed by atoms with Gasteiger partial charge in [-0.05, 0) is 18.1 Å². The van der Waals surface area contributed by atoms with Crippen LogP contribution in [0.4, 0.5) is 26.3 Å². The topological polar surface area (TPSA) is 176 Å². The highest BCUT2D eigenvalue weighted by Crippen LogP contribution is 2.32. The van der Waals surface area contributed by atoms with E-state index in [9.17, 15) is 45.5 Å². The number of carboxylic acids is 3. The van der Waals surface area contributed by atoms with Crippen LogP contribution in [0.5, 0.6) is 0 Å². The fourth-order valence-corrected chi connectivity index (χ4v) is 3.61. The molecule has 0 aliphatic carbocycles. The van der Waals surface area contributed by atoms with Crippen LogP contribution in [0.2, 0.25) is 0 Å². The minimum Gasteiger partial charge on any atom is -0.481 e. The van der Waals surface area contributed by atoms with Crippen molar-refractivity contribution < 1.29 is 60.8 Å². The van der Waals surface area contributed by atoms with Crippen LogP contribution < -0.4 is 5.73 Å². The quantitative estimate of drug-likeness (QED) is 0.275. The van der Waals surface area contributed by atoms with Crippen molar-refractivity contribution in [2.24, 2.45) is 5.73 Å². The number of aromatic nitrogens is 2. The van der Waals surface area contributed by atoms with E-state index in [1.807, 2.05) is 0 Å². The fourth-order valence-electron chi connectivity index (χ4n) is 3.61. The lowest BCUT2D eigenvalue weighted by Gasteiger charge is -2.30. The van der Waals surface area contributed by atoms with Gasteiger partial charge in [0.1, 0.15) is 5.82 Å². The molecule has 0 saturated carbocycles. The highest BCUT2D eigenvalue weighted by Gasteiger charge is 2.41. The summed E-state index contributed by atoms with van der Waals surface area (Å²) in [5, 5.41) is 25.0. The van der Waals surface area contributed by atoms with Crippen molar-refractivity contribution in [2.75, 3.05) is 6.54 Å². The van der Waals surface area contributed by atoms with Gasteiger partial charge in [0.05, 0.1) is 25.1 Å². The molecule has 1 aromatic carbocycles. The van der Waals surface area contributed by atoms with Gasteiger partial charge in [0.2, 0.25) is 11.7 Å². The van der Waals surface area contributed by atoms with Gasteiger partial charge in [0.25, 0.3) is 0 Å². The van der Waals surface area contributed by atoms with Crippen LogP contribution in [-0.4, -0.2) is 66.2 Å². The number of hydrogen-bond donors (Lipinski definition) is 4. The van der Waals surface area contributed by atoms with E-state index < -0.39 is 71.5 Å². The lowest BCUT2D eigenvalue weighted by molar-refractivity contribution is -0.148. The summed E-state index contributed by atoms with van der Waals surface area (Å²) in [6.07, 6.45) is -6.13. The number of hydrogen-bond acceptors (Lipinski definition) is 6. The number of amides is 1. The number of carboxylic acid groups (broad SMARTS) is 3. The second-order valence-corrected chi connectivity index (χ2v) is 8.31. The smallest absolute Gasteiger partial charge is 0.449 e. The number of aliphatic carboxylic acids is 2. The molecule has 1 aliphatic heterocycles. The number of halogens is 6. The molecule has 0 unspecified atom stereocenters. The Labute approximate surface area is 215 Å². The van der Waals surface area contributed by atoms with Gasteiger partial charge in [-0.1, -0.05) is 0 Å². The van der Waals surface area contributed by atoms with Crippen molar-refractivity contribution in [1.29, 1.82) is 0 Å². The number of alkyl halides is 3. The summed E-state index contributed by atoms with van der Waals surface area (Å²) in [5.74, 6) is -9.48. The van der Waals surface area contributed by atoms with Crippen LogP contribution in [0.25, 0.3) is 0 Å². The Morgan fingerprint density at radius 1 is 0.949 bits per heavy atom. The highest BCUT2D eigenvalue weighted by atomic mass is 19.4. The number of carbonyl (C=O) groups is 4. The summed E-state index contributed by atoms with van der Waals surface area (Å²) >= 11 is 0. The molecule has 0 saturated heterocycles. The van der Waals surface area contributed by atoms with E-state index >= 15 is 0 Å². The average molecular weight is 568 g/mol. The largest absolute Gasteiger partial charge is 0.481 e. The summed E-state index contributed by atoms with van der Waals surface area (Å²) in [7, 11) is 0. The molecule has 2 heterocycles. The van der Waals surface area contributed by atoms with E-state index in [2.05, 4.69) is 4.98 Å². The van der Waals surface area contributed by atoms with Gasteiger partial charge in [0, 0.05) is 31.6 Å². The molecular weight excluding hydrogens is 546 g/mol. The van der Waals surface area contributed by atoms with Gasteiger partial charge < -0.3 is 30.5 Å². The molecule has 1 aromatic heterocycles. The molecule has 5 N–H and O–H groups in total. The van der Waals surface area contributed by atoms with Crippen LogP contribution in [-0.2, 0) is 40.1 Å². The van der Waals surface area contributed by atoms with Crippen LogP contribution in [0.3, 0.4) is 0 Å². The molecule has 3 rings (SSSR count). The zero-order valence-electron chi connectivity index (χ0n) is 19.8. The number of nitrogens with zero attached hydrogens (tertiary/aromatic N) is 3. The van der Waals surface area contributed by atoms with E-state index in [4.69, 9.17) is 21.1 Å². The molecule has 0 bridgehead atoms. The minimum atomic E-state index is -4.87. The van der Waals surface area contributed by atoms with Gasteiger partial charge in [-0.3, -0.25) is 14.4 Å². The summed E-state index contributed by atoms with van der Waals surface area (Å²) in [6, 6.07) is -0.00786. The molecule has 1 aliphatic rings. The minimum absolute atomic E-state index is 0.156. The maximum Gasteiger partial charge on any atom is 0.449 e. The van der Waals surface area contributed by atoms with Crippen molar-refractivity contribution in [3.8, 4) is 0 Å². The number of aromatic carboxylic acids is 1. The van der Waals surface area contributed by atoms with E-state index in [-0.39, 0.29) is 50.0 Å². The highest BCUT2D eigenvalue weighted by molar-refractivity contribution is 5.87. The second kappa shape index (κ2) is 12.6. The Balaban J connectivity index is 0.000000580. The predicted molar refractivity (Wildman–Crippen MR) is 117 cm³/mol. The first-order valence-corrected chi connectivity index (χ1v) is 11.0. The van der Waals surface area contributed by atoms with Gasteiger partial charge in [-0.2, -0.15) is 13.2 Å². The zero-order valence-corrected chi connectivity index (χ0v) is 19.8. The SMILES string of the molecule is N[C@@H](CC(=O)N1CCn2c(C(F)(F)F)nc(C(=O)O)c2C1)Cc1cc(F)c(F)cc1F.O=C(O)CCC(=O)O. The number of fused-ring (bicyclic) bond motifs is 1. The van der Waals surface area contributed by atoms with Crippen LogP contribution in [0.15, 0.2) is 12.1 Å². The molecule has 11 nitrogen and oxygen atoms in total. The van der Waals surface area contributed by atoms with E-state index in [1.54, 1.807) is 0 Å². The van der Waals surface area contributed by atoms with Crippen molar-refractivity contribution in [2.45, 2.75) is 51.0 Å². The third-order valence-electron chi connectivity index (χ3n) is 5.38. The molecular formula is C22H22F6N4O7. The Bertz CT molecular complexity index is 1250. The predicted octanol–water partition coefficient (Wildman–Crippen LogP) is 2.26. The lowest BCUT2D eigenvalue weighted by Crippen LogP contribution is -2.42. The van der Waals surface area contributed by atoms with E-state index in [0.29, 0.717) is 16.7 Å². The molecule has 2 aromatic rings. The normalized spacial score (nSPS) is 13.7. The summed E-state index contributed by atoms with van der Waals surface area (Å²) in [5.41, 5.74) is 4.49. The maximum atomic E-state index is 13.8. The maximum absolute atomic E-state index is 13.8. The first-order valence-electron chi connectivity index (χ1n) is 11.0. The van der Waals surface area contributed by atoms with Crippen molar-refractivity contribution in [3.63, 3.8) is 0 Å². The van der Waals surface area contributed by atoms with Crippen LogP contribution >= 0.6 is 0 Å². The third-order valence-corrected chi connectivity index (χ3v) is 5.38. The average Bonchev–Trinajstić information content (AvgIpc) is 3.21. The number of rotatable bonds is 8. The van der Waals surface area contributed by atoms with Gasteiger partial charge >= 0.3 is 24.1 Å². The van der Waals surface area contributed by atoms with Crippen LogP contribution in [0, 0.1) is 17.5 Å². The monoisotopic (exact) mass is 568 g/mol. The van der Waals surface area contributed by atoms with Crippen molar-refractivity contribution in [3.05, 3.63) is 52.4 Å². The van der Waals surface area contributed by atoms with Gasteiger partial charge in [-0.25, -0.2) is 22.9 Å².